The number of thiophene rings is 1. The molecule has 0 aliphatic carbocycles. The number of nitrogens with one attached hydrogen (secondary N) is 1. The average Bonchev–Trinajstić information content (AvgIpc) is 3.41. The van der Waals surface area contributed by atoms with Crippen LogP contribution in [0.15, 0.2) is 51.6 Å². The molecule has 140 valence electrons. The lowest BCUT2D eigenvalue weighted by Crippen LogP contribution is -2.44. The lowest BCUT2D eigenvalue weighted by molar-refractivity contribution is 0.177. The van der Waals surface area contributed by atoms with Crippen molar-refractivity contribution in [3.05, 3.63) is 58.6 Å². The molecule has 7 heteroatoms. The third-order valence-corrected chi connectivity index (χ3v) is 5.56. The summed E-state index contributed by atoms with van der Waals surface area (Å²) in [6.45, 7) is 2.06. The summed E-state index contributed by atoms with van der Waals surface area (Å²) in [6, 6.07) is 12.2. The van der Waals surface area contributed by atoms with Crippen molar-refractivity contribution >= 4 is 17.4 Å². The van der Waals surface area contributed by atoms with Crippen LogP contribution in [0.4, 0.5) is 4.79 Å². The average molecular weight is 382 g/mol. The maximum absolute atomic E-state index is 12.4. The minimum Gasteiger partial charge on any atom is -0.420 e. The Kier molecular flexibility index (Phi) is 5.48. The summed E-state index contributed by atoms with van der Waals surface area (Å²) >= 11 is 1.61. The Morgan fingerprint density at radius 3 is 2.74 bits per heavy atom. The van der Waals surface area contributed by atoms with E-state index in [0.717, 1.165) is 24.8 Å². The van der Waals surface area contributed by atoms with Crippen LogP contribution in [0.2, 0.25) is 0 Å². The predicted octanol–water partition coefficient (Wildman–Crippen LogP) is 3.93. The van der Waals surface area contributed by atoms with Crippen molar-refractivity contribution in [1.82, 2.24) is 20.4 Å². The van der Waals surface area contributed by atoms with E-state index in [1.54, 1.807) is 11.3 Å². The summed E-state index contributed by atoms with van der Waals surface area (Å²) < 4.78 is 5.84. The predicted molar refractivity (Wildman–Crippen MR) is 105 cm³/mol. The first-order valence-corrected chi connectivity index (χ1v) is 10.2. The molecule has 0 radical (unpaired) electrons. The number of nitrogens with zero attached hydrogens (tertiary/aromatic N) is 3. The highest BCUT2D eigenvalue weighted by Crippen LogP contribution is 2.29. The standard InChI is InChI=1S/C20H22N4O2S/c25-20(21-10-6-15-4-2-1-3-5-15)24-11-7-16(8-12-24)18-22-23-19(26-18)17-9-13-27-14-17/h1-5,9,13-14,16H,6-8,10-12H2,(H,21,25). The topological polar surface area (TPSA) is 71.3 Å². The molecule has 6 nitrogen and oxygen atoms in total. The van der Waals surface area contributed by atoms with Gasteiger partial charge in [-0.15, -0.1) is 10.2 Å². The Labute approximate surface area is 162 Å². The van der Waals surface area contributed by atoms with Crippen LogP contribution in [-0.4, -0.2) is 40.8 Å². The lowest BCUT2D eigenvalue weighted by atomic mass is 9.97. The number of carbonyl (C=O) groups is 1. The van der Waals surface area contributed by atoms with E-state index < -0.39 is 0 Å². The second-order valence-electron chi connectivity index (χ2n) is 6.69. The van der Waals surface area contributed by atoms with E-state index in [-0.39, 0.29) is 11.9 Å². The number of carbonyl (C=O) groups excluding carboxylic acids is 1. The van der Waals surface area contributed by atoms with Crippen molar-refractivity contribution in [2.24, 2.45) is 0 Å². The number of rotatable bonds is 5. The number of hydrogen-bond donors (Lipinski definition) is 1. The number of urea groups is 1. The van der Waals surface area contributed by atoms with Crippen molar-refractivity contribution in [2.45, 2.75) is 25.2 Å². The van der Waals surface area contributed by atoms with Crippen LogP contribution in [0.1, 0.15) is 30.2 Å². The van der Waals surface area contributed by atoms with Gasteiger partial charge in [-0.3, -0.25) is 0 Å². The first-order chi connectivity index (χ1) is 13.3. The molecule has 0 saturated carbocycles. The molecule has 3 heterocycles. The van der Waals surface area contributed by atoms with Gasteiger partial charge in [0.25, 0.3) is 0 Å². The fraction of sp³-hybridized carbons (Fsp3) is 0.350. The largest absolute Gasteiger partial charge is 0.420 e. The second-order valence-corrected chi connectivity index (χ2v) is 7.47. The molecule has 0 spiro atoms. The molecule has 2 aromatic heterocycles. The zero-order chi connectivity index (χ0) is 18.5. The van der Waals surface area contributed by atoms with Gasteiger partial charge < -0.3 is 14.6 Å². The minimum absolute atomic E-state index is 0.00822. The first kappa shape index (κ1) is 17.7. The molecule has 1 aliphatic heterocycles. The minimum atomic E-state index is 0.00822. The van der Waals surface area contributed by atoms with Crippen molar-refractivity contribution in [3.63, 3.8) is 0 Å². The van der Waals surface area contributed by atoms with Gasteiger partial charge in [-0.05, 0) is 36.3 Å². The van der Waals surface area contributed by atoms with E-state index in [9.17, 15) is 4.79 Å². The summed E-state index contributed by atoms with van der Waals surface area (Å²) in [7, 11) is 0. The maximum Gasteiger partial charge on any atom is 0.317 e. The molecule has 1 N–H and O–H groups in total. The molecule has 1 aliphatic rings. The fourth-order valence-corrected chi connectivity index (χ4v) is 3.93. The highest BCUT2D eigenvalue weighted by atomic mass is 32.1. The van der Waals surface area contributed by atoms with Crippen LogP contribution in [0, 0.1) is 0 Å². The SMILES string of the molecule is O=C(NCCc1ccccc1)N1CCC(c2nnc(-c3ccsc3)o2)CC1. The third kappa shape index (κ3) is 4.36. The van der Waals surface area contributed by atoms with Crippen LogP contribution in [0.5, 0.6) is 0 Å². The van der Waals surface area contributed by atoms with E-state index >= 15 is 0 Å². The number of piperidine rings is 1. The van der Waals surface area contributed by atoms with Gasteiger partial charge >= 0.3 is 6.03 Å². The number of amides is 2. The molecule has 0 atom stereocenters. The van der Waals surface area contributed by atoms with Crippen molar-refractivity contribution < 1.29 is 9.21 Å². The van der Waals surface area contributed by atoms with Gasteiger partial charge in [-0.25, -0.2) is 4.79 Å². The normalized spacial score (nSPS) is 15.0. The summed E-state index contributed by atoms with van der Waals surface area (Å²) in [5.41, 5.74) is 2.20. The molecule has 3 aromatic rings. The molecule has 2 amide bonds. The summed E-state index contributed by atoms with van der Waals surface area (Å²) in [4.78, 5) is 14.2. The zero-order valence-electron chi connectivity index (χ0n) is 15.0. The van der Waals surface area contributed by atoms with Crippen LogP contribution in [-0.2, 0) is 6.42 Å². The van der Waals surface area contributed by atoms with E-state index in [0.29, 0.717) is 31.4 Å². The Hall–Kier alpha value is -2.67. The molecule has 4 rings (SSSR count). The summed E-state index contributed by atoms with van der Waals surface area (Å²) in [5.74, 6) is 1.48. The number of likely N-dealkylation sites (tertiary alicyclic amines) is 1. The number of aromatic nitrogens is 2. The fourth-order valence-electron chi connectivity index (χ4n) is 3.30. The summed E-state index contributed by atoms with van der Waals surface area (Å²) in [6.07, 6.45) is 2.53. The van der Waals surface area contributed by atoms with Crippen LogP contribution < -0.4 is 5.32 Å². The molecule has 0 unspecified atom stereocenters. The lowest BCUT2D eigenvalue weighted by Gasteiger charge is -2.30. The van der Waals surface area contributed by atoms with E-state index in [4.69, 9.17) is 4.42 Å². The third-order valence-electron chi connectivity index (χ3n) is 4.87. The molecule has 1 fully saturated rings. The van der Waals surface area contributed by atoms with Gasteiger partial charge in [0.2, 0.25) is 11.8 Å². The van der Waals surface area contributed by atoms with Crippen molar-refractivity contribution in [3.8, 4) is 11.5 Å². The van der Waals surface area contributed by atoms with Gasteiger partial charge in [0.05, 0.1) is 0 Å². The van der Waals surface area contributed by atoms with E-state index in [1.807, 2.05) is 39.9 Å². The van der Waals surface area contributed by atoms with Gasteiger partial charge in [0.1, 0.15) is 0 Å². The van der Waals surface area contributed by atoms with Gasteiger partial charge in [0.15, 0.2) is 0 Å². The summed E-state index contributed by atoms with van der Waals surface area (Å²) in [5, 5.41) is 15.4. The number of benzene rings is 1. The molecule has 1 saturated heterocycles. The smallest absolute Gasteiger partial charge is 0.317 e. The quantitative estimate of drug-likeness (QED) is 0.726. The monoisotopic (exact) mass is 382 g/mol. The Morgan fingerprint density at radius 2 is 2.00 bits per heavy atom. The highest BCUT2D eigenvalue weighted by molar-refractivity contribution is 7.08. The Bertz CT molecular complexity index is 855. The van der Waals surface area contributed by atoms with Crippen LogP contribution in [0.25, 0.3) is 11.5 Å². The zero-order valence-corrected chi connectivity index (χ0v) is 15.8. The van der Waals surface area contributed by atoms with Crippen molar-refractivity contribution in [1.29, 1.82) is 0 Å². The molecular formula is C20H22N4O2S. The second kappa shape index (κ2) is 8.35. The van der Waals surface area contributed by atoms with E-state index in [2.05, 4.69) is 27.6 Å². The Balaban J connectivity index is 1.24. The van der Waals surface area contributed by atoms with Crippen LogP contribution in [0.3, 0.4) is 0 Å². The first-order valence-electron chi connectivity index (χ1n) is 9.22. The molecule has 0 bridgehead atoms. The van der Waals surface area contributed by atoms with Crippen LogP contribution >= 0.6 is 11.3 Å². The van der Waals surface area contributed by atoms with Gasteiger partial charge in [-0.2, -0.15) is 11.3 Å². The van der Waals surface area contributed by atoms with Gasteiger partial charge in [-0.1, -0.05) is 30.3 Å². The molecule has 1 aromatic carbocycles. The highest BCUT2D eigenvalue weighted by Gasteiger charge is 2.27. The maximum atomic E-state index is 12.4. The number of hydrogen-bond acceptors (Lipinski definition) is 5. The molecular weight excluding hydrogens is 360 g/mol. The Morgan fingerprint density at radius 1 is 1.19 bits per heavy atom. The van der Waals surface area contributed by atoms with E-state index in [1.165, 1.54) is 5.56 Å². The van der Waals surface area contributed by atoms with Gasteiger partial charge in [0, 0.05) is 36.5 Å². The van der Waals surface area contributed by atoms with Crippen molar-refractivity contribution in [2.75, 3.05) is 19.6 Å². The molecule has 27 heavy (non-hydrogen) atoms.